The molecule has 2 heterocycles. The van der Waals surface area contributed by atoms with E-state index in [1.54, 1.807) is 6.92 Å². The molecule has 0 saturated carbocycles. The van der Waals surface area contributed by atoms with Crippen LogP contribution >= 0.6 is 11.3 Å². The Kier molecular flexibility index (Phi) is 3.26. The van der Waals surface area contributed by atoms with E-state index in [-0.39, 0.29) is 16.4 Å². The maximum atomic E-state index is 12.1. The fourth-order valence-corrected chi connectivity index (χ4v) is 4.38. The van der Waals surface area contributed by atoms with E-state index in [0.29, 0.717) is 0 Å². The third kappa shape index (κ3) is 1.76. The molecule has 98 valence electrons. The summed E-state index contributed by atoms with van der Waals surface area (Å²) in [5.74, 6) is -1.37. The van der Waals surface area contributed by atoms with Crippen LogP contribution < -0.4 is 0 Å². The molecule has 1 aromatic heterocycles. The highest BCUT2D eigenvalue weighted by atomic mass is 32.2. The molecular formula is C10H11NO5S2. The maximum Gasteiger partial charge on any atom is 0.332 e. The minimum Gasteiger partial charge on any atom is -0.464 e. The van der Waals surface area contributed by atoms with E-state index in [9.17, 15) is 18.0 Å². The molecule has 0 spiro atoms. The van der Waals surface area contributed by atoms with Gasteiger partial charge in [0.15, 0.2) is 6.04 Å². The minimum absolute atomic E-state index is 0.0412. The number of hydrogen-bond donors (Lipinski definition) is 0. The molecule has 0 amide bonds. The second-order valence-corrected chi connectivity index (χ2v) is 6.54. The number of ketones is 1. The lowest BCUT2D eigenvalue weighted by Gasteiger charge is -2.28. The van der Waals surface area contributed by atoms with Crippen molar-refractivity contribution in [3.05, 3.63) is 16.3 Å². The molecule has 0 fully saturated rings. The van der Waals surface area contributed by atoms with Crippen molar-refractivity contribution < 1.29 is 22.7 Å². The lowest BCUT2D eigenvalue weighted by Crippen LogP contribution is -2.51. The molecule has 18 heavy (non-hydrogen) atoms. The molecule has 0 aromatic carbocycles. The molecule has 0 N–H and O–H groups in total. The molecule has 1 unspecified atom stereocenters. The minimum atomic E-state index is -3.80. The number of esters is 1. The van der Waals surface area contributed by atoms with Crippen molar-refractivity contribution in [3.8, 4) is 0 Å². The number of fused-ring (bicyclic) bond motifs is 1. The van der Waals surface area contributed by atoms with E-state index in [4.69, 9.17) is 4.74 Å². The highest BCUT2D eigenvalue weighted by Crippen LogP contribution is 2.32. The molecule has 2 rings (SSSR count). The summed E-state index contributed by atoms with van der Waals surface area (Å²) in [6.45, 7) is 1.68. The molecule has 8 heteroatoms. The number of nitrogens with zero attached hydrogens (tertiary/aromatic N) is 1. The van der Waals surface area contributed by atoms with E-state index in [2.05, 4.69) is 0 Å². The second-order valence-electron chi connectivity index (χ2n) is 3.65. The van der Waals surface area contributed by atoms with Crippen LogP contribution in [0.5, 0.6) is 0 Å². The smallest absolute Gasteiger partial charge is 0.332 e. The Morgan fingerprint density at radius 2 is 2.22 bits per heavy atom. The van der Waals surface area contributed by atoms with Gasteiger partial charge >= 0.3 is 5.97 Å². The molecular weight excluding hydrogens is 278 g/mol. The maximum absolute atomic E-state index is 12.1. The van der Waals surface area contributed by atoms with Crippen molar-refractivity contribution in [1.82, 2.24) is 4.31 Å². The molecule has 1 aliphatic rings. The van der Waals surface area contributed by atoms with Crippen LogP contribution in [0.2, 0.25) is 0 Å². The van der Waals surface area contributed by atoms with Gasteiger partial charge in [-0.25, -0.2) is 13.2 Å². The van der Waals surface area contributed by atoms with Crippen molar-refractivity contribution in [2.24, 2.45) is 0 Å². The molecule has 1 atom stereocenters. The largest absolute Gasteiger partial charge is 0.464 e. The van der Waals surface area contributed by atoms with Gasteiger partial charge in [0.2, 0.25) is 15.8 Å². The number of carbonyl (C=O) groups excluding carboxylic acids is 2. The Hall–Kier alpha value is -1.25. The van der Waals surface area contributed by atoms with Crippen molar-refractivity contribution in [2.75, 3.05) is 13.7 Å². The van der Waals surface area contributed by atoms with Gasteiger partial charge in [-0.15, -0.1) is 11.3 Å². The molecule has 0 radical (unpaired) electrons. The van der Waals surface area contributed by atoms with Crippen molar-refractivity contribution in [2.45, 2.75) is 17.9 Å². The monoisotopic (exact) mass is 289 g/mol. The number of sulfonamides is 1. The number of carbonyl (C=O) groups is 2. The van der Waals surface area contributed by atoms with Crippen LogP contribution in [0.25, 0.3) is 0 Å². The quantitative estimate of drug-likeness (QED) is 0.585. The molecule has 1 aromatic rings. The molecule has 1 aliphatic heterocycles. The zero-order valence-corrected chi connectivity index (χ0v) is 11.4. The number of Topliss-reactive ketones (excluding diaryl/α,β-unsaturated/α-hetero) is 1. The first kappa shape index (κ1) is 13.2. The van der Waals surface area contributed by atoms with Crippen LogP contribution in [-0.4, -0.2) is 44.2 Å². The second kappa shape index (κ2) is 4.45. The van der Waals surface area contributed by atoms with Crippen LogP contribution in [0.3, 0.4) is 0 Å². The standard InChI is InChI=1S/C10H11NO5S2/c1-3-16-10(13)7-8(12)9-6(4-5-17-9)18(14,15)11(7)2/h4-5,7H,3H2,1-2H3. The Morgan fingerprint density at radius 3 is 2.83 bits per heavy atom. The number of hydrogen-bond acceptors (Lipinski definition) is 6. The first-order valence-corrected chi connectivity index (χ1v) is 7.49. The zero-order chi connectivity index (χ0) is 13.5. The van der Waals surface area contributed by atoms with E-state index >= 15 is 0 Å². The third-order valence-corrected chi connectivity index (χ3v) is 5.56. The van der Waals surface area contributed by atoms with Gasteiger partial charge in [-0.1, -0.05) is 0 Å². The number of likely N-dealkylation sites (N-methyl/N-ethyl adjacent to an activating group) is 1. The topological polar surface area (TPSA) is 80.8 Å². The normalized spacial score (nSPS) is 22.6. The molecule has 0 aliphatic carbocycles. The van der Waals surface area contributed by atoms with Gasteiger partial charge in [0, 0.05) is 7.05 Å². The van der Waals surface area contributed by atoms with Crippen molar-refractivity contribution in [3.63, 3.8) is 0 Å². The number of ether oxygens (including phenoxy) is 1. The summed E-state index contributed by atoms with van der Waals surface area (Å²) in [4.78, 5) is 23.8. The lowest BCUT2D eigenvalue weighted by molar-refractivity contribution is -0.145. The van der Waals surface area contributed by atoms with Gasteiger partial charge in [-0.05, 0) is 18.4 Å². The lowest BCUT2D eigenvalue weighted by atomic mass is 10.1. The summed E-state index contributed by atoms with van der Waals surface area (Å²) < 4.78 is 29.7. The van der Waals surface area contributed by atoms with Gasteiger partial charge < -0.3 is 4.74 Å². The summed E-state index contributed by atoms with van der Waals surface area (Å²) in [6.07, 6.45) is 0. The van der Waals surface area contributed by atoms with E-state index in [1.165, 1.54) is 18.5 Å². The number of thiophene rings is 1. The first-order valence-electron chi connectivity index (χ1n) is 5.17. The predicted octanol–water partition coefficient (Wildman–Crippen LogP) is 0.497. The summed E-state index contributed by atoms with van der Waals surface area (Å²) in [6, 6.07) is -0.0495. The SMILES string of the molecule is CCOC(=O)C1C(=O)c2sccc2S(=O)(=O)N1C. The average Bonchev–Trinajstić information content (AvgIpc) is 2.77. The third-order valence-electron chi connectivity index (χ3n) is 2.63. The zero-order valence-electron chi connectivity index (χ0n) is 9.74. The van der Waals surface area contributed by atoms with Crippen LogP contribution in [0.4, 0.5) is 0 Å². The van der Waals surface area contributed by atoms with Gasteiger partial charge in [0.25, 0.3) is 0 Å². The van der Waals surface area contributed by atoms with E-state index in [0.717, 1.165) is 15.6 Å². The Labute approximate surface area is 108 Å². The van der Waals surface area contributed by atoms with Gasteiger partial charge in [0.05, 0.1) is 11.5 Å². The molecule has 0 saturated heterocycles. The first-order chi connectivity index (χ1) is 8.41. The van der Waals surface area contributed by atoms with Gasteiger partial charge in [0.1, 0.15) is 4.90 Å². The van der Waals surface area contributed by atoms with Gasteiger partial charge in [-0.2, -0.15) is 4.31 Å². The van der Waals surface area contributed by atoms with Crippen LogP contribution in [0.1, 0.15) is 16.6 Å². The van der Waals surface area contributed by atoms with Crippen LogP contribution in [0.15, 0.2) is 16.3 Å². The highest BCUT2D eigenvalue weighted by molar-refractivity contribution is 7.89. The highest BCUT2D eigenvalue weighted by Gasteiger charge is 2.47. The summed E-state index contributed by atoms with van der Waals surface area (Å²) in [7, 11) is -2.60. The van der Waals surface area contributed by atoms with Crippen LogP contribution in [0, 0.1) is 0 Å². The fourth-order valence-electron chi connectivity index (χ4n) is 1.74. The Morgan fingerprint density at radius 1 is 1.56 bits per heavy atom. The summed E-state index contributed by atoms with van der Waals surface area (Å²) in [5.41, 5.74) is 0. The van der Waals surface area contributed by atoms with E-state index in [1.807, 2.05) is 0 Å². The van der Waals surface area contributed by atoms with Crippen molar-refractivity contribution >= 4 is 33.1 Å². The molecule has 6 nitrogen and oxygen atoms in total. The summed E-state index contributed by atoms with van der Waals surface area (Å²) in [5, 5.41) is 1.52. The Balaban J connectivity index is 2.54. The summed E-state index contributed by atoms with van der Waals surface area (Å²) >= 11 is 1.01. The number of rotatable bonds is 2. The van der Waals surface area contributed by atoms with Crippen molar-refractivity contribution in [1.29, 1.82) is 0 Å². The van der Waals surface area contributed by atoms with Crippen LogP contribution in [-0.2, 0) is 19.6 Å². The van der Waals surface area contributed by atoms with E-state index < -0.39 is 27.8 Å². The predicted molar refractivity (Wildman–Crippen MR) is 64.0 cm³/mol. The average molecular weight is 289 g/mol. The fraction of sp³-hybridized carbons (Fsp3) is 0.400. The Bertz CT molecular complexity index is 604. The molecule has 0 bridgehead atoms. The van der Waals surface area contributed by atoms with Gasteiger partial charge in [-0.3, -0.25) is 4.79 Å².